The third-order valence-electron chi connectivity index (χ3n) is 2.65. The fraction of sp³-hybridized carbons (Fsp3) is 0.714. The average Bonchev–Trinajstić information content (AvgIpc) is 2.37. The fourth-order valence-electron chi connectivity index (χ4n) is 1.47. The van der Waals surface area contributed by atoms with Crippen LogP contribution in [0.2, 0.25) is 0 Å². The molecule has 0 aromatic carbocycles. The molecule has 4 heteroatoms. The lowest BCUT2D eigenvalue weighted by atomic mass is 10.0. The standard InChI is InChI=1S/C14H24O4/c1-4-7-8-12(5-2)11-18-14(16)10-9-13(15)17-6-3/h9-10,12H,4-8,11H2,1-3H3/b10-9-. The lowest BCUT2D eigenvalue weighted by molar-refractivity contribution is -0.141. The topological polar surface area (TPSA) is 52.6 Å². The van der Waals surface area contributed by atoms with E-state index < -0.39 is 11.9 Å². The average molecular weight is 256 g/mol. The van der Waals surface area contributed by atoms with Gasteiger partial charge in [0.05, 0.1) is 13.2 Å². The Kier molecular flexibility index (Phi) is 10.0. The molecule has 104 valence electrons. The summed E-state index contributed by atoms with van der Waals surface area (Å²) in [5.41, 5.74) is 0. The Balaban J connectivity index is 3.90. The van der Waals surface area contributed by atoms with Gasteiger partial charge in [-0.25, -0.2) is 9.59 Å². The molecule has 0 fully saturated rings. The molecule has 0 saturated carbocycles. The van der Waals surface area contributed by atoms with Gasteiger partial charge in [0.1, 0.15) is 0 Å². The first-order valence-corrected chi connectivity index (χ1v) is 6.65. The zero-order valence-electron chi connectivity index (χ0n) is 11.6. The molecule has 0 aliphatic heterocycles. The molecule has 0 N–H and O–H groups in total. The lowest BCUT2D eigenvalue weighted by Crippen LogP contribution is -2.12. The van der Waals surface area contributed by atoms with Gasteiger partial charge >= 0.3 is 11.9 Å². The lowest BCUT2D eigenvalue weighted by Gasteiger charge is -2.13. The van der Waals surface area contributed by atoms with Gasteiger partial charge in [-0.3, -0.25) is 0 Å². The molecule has 1 unspecified atom stereocenters. The highest BCUT2D eigenvalue weighted by Crippen LogP contribution is 2.12. The number of unbranched alkanes of at least 4 members (excludes halogenated alkanes) is 1. The molecular weight excluding hydrogens is 232 g/mol. The highest BCUT2D eigenvalue weighted by atomic mass is 16.5. The zero-order valence-corrected chi connectivity index (χ0v) is 11.6. The van der Waals surface area contributed by atoms with Gasteiger partial charge in [0.15, 0.2) is 0 Å². The summed E-state index contributed by atoms with van der Waals surface area (Å²) in [6.07, 6.45) is 6.57. The van der Waals surface area contributed by atoms with Crippen LogP contribution in [0, 0.1) is 5.92 Å². The summed E-state index contributed by atoms with van der Waals surface area (Å²) in [4.78, 5) is 22.3. The zero-order chi connectivity index (χ0) is 13.8. The number of esters is 2. The number of hydrogen-bond donors (Lipinski definition) is 0. The maximum atomic E-state index is 11.3. The van der Waals surface area contributed by atoms with E-state index in [9.17, 15) is 9.59 Å². The first-order chi connectivity index (χ1) is 8.63. The maximum Gasteiger partial charge on any atom is 0.331 e. The van der Waals surface area contributed by atoms with Crippen LogP contribution < -0.4 is 0 Å². The van der Waals surface area contributed by atoms with Gasteiger partial charge in [-0.15, -0.1) is 0 Å². The highest BCUT2D eigenvalue weighted by molar-refractivity contribution is 5.91. The van der Waals surface area contributed by atoms with Crippen molar-refractivity contribution in [1.29, 1.82) is 0 Å². The molecule has 0 aliphatic rings. The van der Waals surface area contributed by atoms with E-state index in [0.29, 0.717) is 19.1 Å². The molecule has 0 heterocycles. The molecule has 4 nitrogen and oxygen atoms in total. The van der Waals surface area contributed by atoms with E-state index >= 15 is 0 Å². The molecule has 0 radical (unpaired) electrons. The summed E-state index contributed by atoms with van der Waals surface area (Å²) < 4.78 is 9.75. The van der Waals surface area contributed by atoms with Gasteiger partial charge in [0, 0.05) is 12.2 Å². The first-order valence-electron chi connectivity index (χ1n) is 6.65. The molecule has 0 spiro atoms. The molecule has 0 aromatic heterocycles. The second-order valence-electron chi connectivity index (χ2n) is 4.13. The molecule has 18 heavy (non-hydrogen) atoms. The van der Waals surface area contributed by atoms with Gasteiger partial charge in [0.25, 0.3) is 0 Å². The highest BCUT2D eigenvalue weighted by Gasteiger charge is 2.08. The van der Waals surface area contributed by atoms with E-state index in [1.54, 1.807) is 6.92 Å². The Hall–Kier alpha value is -1.32. The van der Waals surface area contributed by atoms with E-state index in [0.717, 1.165) is 37.8 Å². The minimum absolute atomic E-state index is 0.299. The largest absolute Gasteiger partial charge is 0.463 e. The predicted molar refractivity (Wildman–Crippen MR) is 70.0 cm³/mol. The minimum Gasteiger partial charge on any atom is -0.463 e. The van der Waals surface area contributed by atoms with Gasteiger partial charge in [-0.05, 0) is 19.3 Å². The summed E-state index contributed by atoms with van der Waals surface area (Å²) in [5.74, 6) is -0.602. The molecule has 0 aromatic rings. The van der Waals surface area contributed by atoms with Crippen LogP contribution in [0.1, 0.15) is 46.5 Å². The van der Waals surface area contributed by atoms with Crippen molar-refractivity contribution in [3.8, 4) is 0 Å². The minimum atomic E-state index is -0.521. The van der Waals surface area contributed by atoms with Crippen LogP contribution in [-0.4, -0.2) is 25.2 Å². The first kappa shape index (κ1) is 16.7. The van der Waals surface area contributed by atoms with Gasteiger partial charge < -0.3 is 9.47 Å². The van der Waals surface area contributed by atoms with Gasteiger partial charge in [-0.1, -0.05) is 33.1 Å². The van der Waals surface area contributed by atoms with Crippen molar-refractivity contribution in [3.63, 3.8) is 0 Å². The van der Waals surface area contributed by atoms with Crippen LogP contribution in [0.25, 0.3) is 0 Å². The Labute approximate surface area is 109 Å². The number of rotatable bonds is 9. The predicted octanol–water partition coefficient (Wildman–Crippen LogP) is 2.87. The smallest absolute Gasteiger partial charge is 0.331 e. The summed E-state index contributed by atoms with van der Waals surface area (Å²) in [6.45, 7) is 6.66. The van der Waals surface area contributed by atoms with Crippen molar-refractivity contribution in [2.24, 2.45) is 5.92 Å². The van der Waals surface area contributed by atoms with E-state index in [-0.39, 0.29) is 0 Å². The maximum absolute atomic E-state index is 11.3. The van der Waals surface area contributed by atoms with E-state index in [4.69, 9.17) is 4.74 Å². The summed E-state index contributed by atoms with van der Waals surface area (Å²) >= 11 is 0. The second kappa shape index (κ2) is 10.8. The molecular formula is C14H24O4. The van der Waals surface area contributed by atoms with Crippen molar-refractivity contribution in [2.75, 3.05) is 13.2 Å². The SMILES string of the molecule is CCCCC(CC)COC(=O)/C=C\C(=O)OCC. The Morgan fingerprint density at radius 3 is 2.17 bits per heavy atom. The molecule has 0 aliphatic carbocycles. The third-order valence-corrected chi connectivity index (χ3v) is 2.65. The van der Waals surface area contributed by atoms with Crippen LogP contribution in [0.5, 0.6) is 0 Å². The normalized spacial score (nSPS) is 12.4. The van der Waals surface area contributed by atoms with Gasteiger partial charge in [0.2, 0.25) is 0 Å². The van der Waals surface area contributed by atoms with Crippen LogP contribution >= 0.6 is 0 Å². The van der Waals surface area contributed by atoms with Crippen LogP contribution in [0.4, 0.5) is 0 Å². The number of hydrogen-bond acceptors (Lipinski definition) is 4. The van der Waals surface area contributed by atoms with Crippen molar-refractivity contribution in [1.82, 2.24) is 0 Å². The second-order valence-corrected chi connectivity index (χ2v) is 4.13. The molecule has 0 saturated heterocycles. The quantitative estimate of drug-likeness (QED) is 0.470. The van der Waals surface area contributed by atoms with E-state index in [1.165, 1.54) is 0 Å². The molecule has 0 amide bonds. The summed E-state index contributed by atoms with van der Waals surface area (Å²) in [6, 6.07) is 0. The van der Waals surface area contributed by atoms with Crippen molar-refractivity contribution >= 4 is 11.9 Å². The van der Waals surface area contributed by atoms with Crippen molar-refractivity contribution < 1.29 is 19.1 Å². The van der Waals surface area contributed by atoms with E-state index in [1.807, 2.05) is 0 Å². The fourth-order valence-corrected chi connectivity index (χ4v) is 1.47. The van der Waals surface area contributed by atoms with E-state index in [2.05, 4.69) is 18.6 Å². The Morgan fingerprint density at radius 2 is 1.67 bits per heavy atom. The molecule has 0 bridgehead atoms. The summed E-state index contributed by atoms with van der Waals surface area (Å²) in [5, 5.41) is 0. The monoisotopic (exact) mass is 256 g/mol. The number of carbonyl (C=O) groups is 2. The van der Waals surface area contributed by atoms with Gasteiger partial charge in [-0.2, -0.15) is 0 Å². The van der Waals surface area contributed by atoms with Crippen LogP contribution in [-0.2, 0) is 19.1 Å². The number of carbonyl (C=O) groups excluding carboxylic acids is 2. The Morgan fingerprint density at radius 1 is 1.06 bits per heavy atom. The van der Waals surface area contributed by atoms with Crippen molar-refractivity contribution in [2.45, 2.75) is 46.5 Å². The summed E-state index contributed by atoms with van der Waals surface area (Å²) in [7, 11) is 0. The van der Waals surface area contributed by atoms with Crippen LogP contribution in [0.3, 0.4) is 0 Å². The van der Waals surface area contributed by atoms with Crippen LogP contribution in [0.15, 0.2) is 12.2 Å². The molecule has 1 atom stereocenters. The molecule has 0 rings (SSSR count). The van der Waals surface area contributed by atoms with Crippen molar-refractivity contribution in [3.05, 3.63) is 12.2 Å². The number of ether oxygens (including phenoxy) is 2. The Bertz CT molecular complexity index is 271. The third kappa shape index (κ3) is 8.79.